The number of hydrogen-bond donors (Lipinski definition) is 1. The Morgan fingerprint density at radius 1 is 1.26 bits per heavy atom. The minimum Gasteiger partial charge on any atom is -0.335 e. The highest BCUT2D eigenvalue weighted by molar-refractivity contribution is 7.17. The summed E-state index contributed by atoms with van der Waals surface area (Å²) in [6.07, 6.45) is 3.63. The molecule has 0 fully saturated rings. The van der Waals surface area contributed by atoms with Crippen LogP contribution in [0.4, 0.5) is 14.5 Å². The van der Waals surface area contributed by atoms with Crippen LogP contribution in [-0.4, -0.2) is 20.4 Å². The molecule has 5 nitrogen and oxygen atoms in total. The van der Waals surface area contributed by atoms with Crippen LogP contribution in [0.25, 0.3) is 21.6 Å². The SMILES string of the molecule is Cc1nc(-c2cn(C)c3ncccc23)sc1C(=O)Nc1ccc(F)cc1F. The Balaban J connectivity index is 1.69. The van der Waals surface area contributed by atoms with Crippen LogP contribution in [0.3, 0.4) is 0 Å². The van der Waals surface area contributed by atoms with Gasteiger partial charge in [-0.05, 0) is 31.2 Å². The van der Waals surface area contributed by atoms with E-state index in [-0.39, 0.29) is 5.69 Å². The van der Waals surface area contributed by atoms with E-state index in [1.165, 1.54) is 17.4 Å². The number of anilines is 1. The van der Waals surface area contributed by atoms with Crippen LogP contribution in [0.1, 0.15) is 15.4 Å². The third kappa shape index (κ3) is 3.08. The lowest BCUT2D eigenvalue weighted by atomic mass is 10.2. The highest BCUT2D eigenvalue weighted by atomic mass is 32.1. The molecule has 4 rings (SSSR count). The lowest BCUT2D eigenvalue weighted by molar-refractivity contribution is 0.102. The normalized spacial score (nSPS) is 11.1. The second-order valence-electron chi connectivity index (χ2n) is 6.04. The van der Waals surface area contributed by atoms with E-state index >= 15 is 0 Å². The first-order valence-corrected chi connectivity index (χ1v) is 8.90. The number of aromatic nitrogens is 3. The summed E-state index contributed by atoms with van der Waals surface area (Å²) in [6.45, 7) is 1.72. The molecule has 0 atom stereocenters. The number of nitrogens with one attached hydrogen (secondary N) is 1. The first kappa shape index (κ1) is 17.3. The van der Waals surface area contributed by atoms with Crippen molar-refractivity contribution in [1.29, 1.82) is 0 Å². The molecule has 3 aromatic heterocycles. The quantitative estimate of drug-likeness (QED) is 0.564. The zero-order valence-electron chi connectivity index (χ0n) is 14.5. The number of nitrogens with zero attached hydrogens (tertiary/aromatic N) is 3. The van der Waals surface area contributed by atoms with Crippen molar-refractivity contribution in [3.05, 3.63) is 64.9 Å². The van der Waals surface area contributed by atoms with Crippen LogP contribution >= 0.6 is 11.3 Å². The van der Waals surface area contributed by atoms with E-state index in [2.05, 4.69) is 15.3 Å². The molecule has 1 amide bonds. The largest absolute Gasteiger partial charge is 0.335 e. The highest BCUT2D eigenvalue weighted by Crippen LogP contribution is 2.34. The fraction of sp³-hybridized carbons (Fsp3) is 0.105. The lowest BCUT2D eigenvalue weighted by Crippen LogP contribution is -2.12. The van der Waals surface area contributed by atoms with Crippen molar-refractivity contribution in [1.82, 2.24) is 14.5 Å². The number of rotatable bonds is 3. The van der Waals surface area contributed by atoms with Crippen LogP contribution in [0.5, 0.6) is 0 Å². The number of halogens is 2. The Bertz CT molecular complexity index is 1180. The first-order chi connectivity index (χ1) is 12.9. The van der Waals surface area contributed by atoms with Gasteiger partial charge in [0.05, 0.1) is 11.4 Å². The average Bonchev–Trinajstić information content (AvgIpc) is 3.18. The second-order valence-corrected chi connectivity index (χ2v) is 7.04. The smallest absolute Gasteiger partial charge is 0.267 e. The standard InChI is InChI=1S/C19H14F2N4OS/c1-10-16(18(26)24-15-6-5-11(20)8-14(15)21)27-19(23-10)13-9-25(2)17-12(13)4-3-7-22-17/h3-9H,1-2H3,(H,24,26). The molecule has 0 saturated heterocycles. The molecule has 0 aliphatic heterocycles. The Hall–Kier alpha value is -3.13. The van der Waals surface area contributed by atoms with Crippen molar-refractivity contribution in [2.24, 2.45) is 7.05 Å². The molecular weight excluding hydrogens is 370 g/mol. The van der Waals surface area contributed by atoms with Crippen LogP contribution < -0.4 is 5.32 Å². The van der Waals surface area contributed by atoms with Crippen LogP contribution in [0, 0.1) is 18.6 Å². The molecular formula is C19H14F2N4OS. The summed E-state index contributed by atoms with van der Waals surface area (Å²) in [6, 6.07) is 6.80. The maximum atomic E-state index is 13.8. The van der Waals surface area contributed by atoms with Gasteiger partial charge in [-0.1, -0.05) is 0 Å². The molecule has 8 heteroatoms. The summed E-state index contributed by atoms with van der Waals surface area (Å²) in [4.78, 5) is 21.8. The van der Waals surface area contributed by atoms with Crippen molar-refractivity contribution < 1.29 is 13.6 Å². The molecule has 1 N–H and O–H groups in total. The molecule has 0 saturated carbocycles. The van der Waals surface area contributed by atoms with Crippen LogP contribution in [0.15, 0.2) is 42.7 Å². The van der Waals surface area contributed by atoms with Crippen molar-refractivity contribution in [3.63, 3.8) is 0 Å². The summed E-state index contributed by atoms with van der Waals surface area (Å²) < 4.78 is 28.7. The molecule has 0 aliphatic rings. The third-order valence-electron chi connectivity index (χ3n) is 4.15. The van der Waals surface area contributed by atoms with Crippen molar-refractivity contribution in [2.45, 2.75) is 6.92 Å². The molecule has 136 valence electrons. The van der Waals surface area contributed by atoms with Gasteiger partial charge in [0.25, 0.3) is 5.91 Å². The van der Waals surface area contributed by atoms with Gasteiger partial charge in [-0.15, -0.1) is 11.3 Å². The predicted octanol–water partition coefficient (Wildman–Crippen LogP) is 4.54. The van der Waals surface area contributed by atoms with Gasteiger partial charge in [0.15, 0.2) is 0 Å². The fourth-order valence-corrected chi connectivity index (χ4v) is 3.86. The predicted molar refractivity (Wildman–Crippen MR) is 101 cm³/mol. The third-order valence-corrected chi connectivity index (χ3v) is 5.34. The molecule has 0 radical (unpaired) electrons. The maximum absolute atomic E-state index is 13.8. The van der Waals surface area contributed by atoms with E-state index in [4.69, 9.17) is 0 Å². The summed E-state index contributed by atoms with van der Waals surface area (Å²) in [7, 11) is 1.89. The summed E-state index contributed by atoms with van der Waals surface area (Å²) in [5.74, 6) is -2.02. The van der Waals surface area contributed by atoms with Gasteiger partial charge >= 0.3 is 0 Å². The van der Waals surface area contributed by atoms with E-state index in [1.807, 2.05) is 29.9 Å². The Kier molecular flexibility index (Phi) is 4.19. The van der Waals surface area contributed by atoms with Crippen molar-refractivity contribution in [2.75, 3.05) is 5.32 Å². The maximum Gasteiger partial charge on any atom is 0.267 e. The number of thiazole rings is 1. The number of benzene rings is 1. The van der Waals surface area contributed by atoms with Crippen molar-refractivity contribution in [3.8, 4) is 10.6 Å². The number of aryl methyl sites for hydroxylation is 2. The second kappa shape index (κ2) is 6.55. The monoisotopic (exact) mass is 384 g/mol. The minimum atomic E-state index is -0.828. The molecule has 0 aliphatic carbocycles. The van der Waals surface area contributed by atoms with Gasteiger partial charge in [0, 0.05) is 36.5 Å². The Morgan fingerprint density at radius 2 is 2.07 bits per heavy atom. The van der Waals surface area contributed by atoms with Gasteiger partial charge in [-0.25, -0.2) is 18.7 Å². The van der Waals surface area contributed by atoms with E-state index in [1.54, 1.807) is 13.1 Å². The van der Waals surface area contributed by atoms with Gasteiger partial charge in [-0.2, -0.15) is 0 Å². The number of hydrogen-bond acceptors (Lipinski definition) is 4. The fourth-order valence-electron chi connectivity index (χ4n) is 2.88. The molecule has 0 spiro atoms. The van der Waals surface area contributed by atoms with Gasteiger partial charge < -0.3 is 9.88 Å². The number of amides is 1. The Labute approximate surface area is 157 Å². The van der Waals surface area contributed by atoms with E-state index in [0.29, 0.717) is 15.6 Å². The van der Waals surface area contributed by atoms with E-state index in [9.17, 15) is 13.6 Å². The number of carbonyl (C=O) groups excluding carboxylic acids is 1. The molecule has 4 aromatic rings. The average molecular weight is 384 g/mol. The van der Waals surface area contributed by atoms with Crippen LogP contribution in [0.2, 0.25) is 0 Å². The van der Waals surface area contributed by atoms with E-state index in [0.717, 1.165) is 28.7 Å². The molecule has 3 heterocycles. The number of pyridine rings is 1. The zero-order valence-corrected chi connectivity index (χ0v) is 15.3. The zero-order chi connectivity index (χ0) is 19.1. The summed E-state index contributed by atoms with van der Waals surface area (Å²) in [5.41, 5.74) is 2.15. The number of carbonyl (C=O) groups is 1. The first-order valence-electron chi connectivity index (χ1n) is 8.08. The van der Waals surface area contributed by atoms with Gasteiger partial charge in [0.1, 0.15) is 27.2 Å². The molecule has 1 aromatic carbocycles. The summed E-state index contributed by atoms with van der Waals surface area (Å²) in [5, 5.41) is 4.09. The van der Waals surface area contributed by atoms with Gasteiger partial charge in [-0.3, -0.25) is 4.79 Å². The highest BCUT2D eigenvalue weighted by Gasteiger charge is 2.20. The van der Waals surface area contributed by atoms with Crippen molar-refractivity contribution >= 4 is 34.0 Å². The molecule has 0 unspecified atom stereocenters. The van der Waals surface area contributed by atoms with Gasteiger partial charge in [0.2, 0.25) is 0 Å². The Morgan fingerprint density at radius 3 is 2.85 bits per heavy atom. The van der Waals surface area contributed by atoms with E-state index < -0.39 is 17.5 Å². The lowest BCUT2D eigenvalue weighted by Gasteiger charge is -2.05. The summed E-state index contributed by atoms with van der Waals surface area (Å²) >= 11 is 1.22. The topological polar surface area (TPSA) is 59.8 Å². The van der Waals surface area contributed by atoms with Crippen LogP contribution in [-0.2, 0) is 7.05 Å². The number of fused-ring (bicyclic) bond motifs is 1. The minimum absolute atomic E-state index is 0.0786. The molecule has 27 heavy (non-hydrogen) atoms. The molecule has 0 bridgehead atoms.